The number of hydrogen-bond acceptors (Lipinski definition) is 1. The molecule has 0 aromatic rings. The van der Waals surface area contributed by atoms with Crippen LogP contribution in [-0.2, 0) is 0 Å². The molecule has 0 N–H and O–H groups in total. The number of rotatable bonds is 3. The fourth-order valence-electron chi connectivity index (χ4n) is 1.19. The molecular formula is C10H16S. The van der Waals surface area contributed by atoms with Crippen LogP contribution in [0.25, 0.3) is 0 Å². The largest absolute Gasteiger partial charge is 0.126 e. The first-order valence-corrected chi connectivity index (χ1v) is 5.32. The fourth-order valence-corrected chi connectivity index (χ4v) is 2.17. The molecule has 0 saturated heterocycles. The van der Waals surface area contributed by atoms with Crippen LogP contribution in [-0.4, -0.2) is 5.75 Å². The smallest absolute Gasteiger partial charge is 0.0160 e. The molecule has 0 nitrogen and oxygen atoms in total. The molecule has 0 saturated carbocycles. The van der Waals surface area contributed by atoms with Gasteiger partial charge in [-0.1, -0.05) is 25.5 Å². The monoisotopic (exact) mass is 168 g/mol. The van der Waals surface area contributed by atoms with E-state index in [4.69, 9.17) is 0 Å². The van der Waals surface area contributed by atoms with E-state index < -0.39 is 0 Å². The highest BCUT2D eigenvalue weighted by Gasteiger charge is 2.03. The van der Waals surface area contributed by atoms with Gasteiger partial charge in [0.25, 0.3) is 0 Å². The van der Waals surface area contributed by atoms with Crippen molar-refractivity contribution in [2.45, 2.75) is 33.1 Å². The Morgan fingerprint density at radius 1 is 1.55 bits per heavy atom. The number of thioether (sulfide) groups is 1. The second-order valence-corrected chi connectivity index (χ2v) is 4.04. The Morgan fingerprint density at radius 2 is 2.36 bits per heavy atom. The van der Waals surface area contributed by atoms with Crippen molar-refractivity contribution >= 4 is 11.8 Å². The summed E-state index contributed by atoms with van der Waals surface area (Å²) in [5, 5.41) is 0. The summed E-state index contributed by atoms with van der Waals surface area (Å²) in [7, 11) is 0. The highest BCUT2D eigenvalue weighted by atomic mass is 32.2. The van der Waals surface area contributed by atoms with Crippen LogP contribution < -0.4 is 0 Å². The van der Waals surface area contributed by atoms with E-state index in [0.29, 0.717) is 0 Å². The summed E-state index contributed by atoms with van der Waals surface area (Å²) in [5.41, 5.74) is 1.48. The molecule has 0 unspecified atom stereocenters. The summed E-state index contributed by atoms with van der Waals surface area (Å²) >= 11 is 2.00. The van der Waals surface area contributed by atoms with Crippen LogP contribution in [0.3, 0.4) is 0 Å². The lowest BCUT2D eigenvalue weighted by atomic mass is 10.1. The summed E-state index contributed by atoms with van der Waals surface area (Å²) in [6.45, 7) is 4.47. The summed E-state index contributed by atoms with van der Waals surface area (Å²) < 4.78 is 0. The van der Waals surface area contributed by atoms with Crippen molar-refractivity contribution in [1.82, 2.24) is 0 Å². The molecule has 1 heteroatoms. The Bertz CT molecular complexity index is 177. The van der Waals surface area contributed by atoms with Crippen molar-refractivity contribution in [3.05, 3.63) is 22.6 Å². The molecule has 11 heavy (non-hydrogen) atoms. The van der Waals surface area contributed by atoms with Gasteiger partial charge in [-0.15, -0.1) is 11.8 Å². The lowest BCUT2D eigenvalue weighted by Crippen LogP contribution is -1.89. The lowest BCUT2D eigenvalue weighted by Gasteiger charge is -2.11. The third-order valence-electron chi connectivity index (χ3n) is 1.92. The van der Waals surface area contributed by atoms with Crippen molar-refractivity contribution in [2.75, 3.05) is 5.75 Å². The predicted octanol–water partition coefficient (Wildman–Crippen LogP) is 3.75. The second-order valence-electron chi connectivity index (χ2n) is 2.92. The molecule has 0 spiro atoms. The van der Waals surface area contributed by atoms with Gasteiger partial charge in [0.05, 0.1) is 0 Å². The first kappa shape index (κ1) is 8.92. The maximum Gasteiger partial charge on any atom is 0.0160 e. The molecule has 0 atom stereocenters. The zero-order valence-corrected chi connectivity index (χ0v) is 8.21. The lowest BCUT2D eigenvalue weighted by molar-refractivity contribution is 0.805. The van der Waals surface area contributed by atoms with Gasteiger partial charge in [-0.3, -0.25) is 0 Å². The van der Waals surface area contributed by atoms with Crippen LogP contribution in [0.4, 0.5) is 0 Å². The third-order valence-corrected chi connectivity index (χ3v) is 3.15. The minimum Gasteiger partial charge on any atom is -0.126 e. The van der Waals surface area contributed by atoms with Crippen molar-refractivity contribution < 1.29 is 0 Å². The van der Waals surface area contributed by atoms with Crippen LogP contribution in [0.2, 0.25) is 0 Å². The zero-order valence-electron chi connectivity index (χ0n) is 7.39. The summed E-state index contributed by atoms with van der Waals surface area (Å²) in [6, 6.07) is 0. The van der Waals surface area contributed by atoms with Gasteiger partial charge in [-0.2, -0.15) is 0 Å². The van der Waals surface area contributed by atoms with Gasteiger partial charge < -0.3 is 0 Å². The Balaban J connectivity index is 2.46. The summed E-state index contributed by atoms with van der Waals surface area (Å²) in [4.78, 5) is 1.61. The van der Waals surface area contributed by atoms with E-state index in [1.54, 1.807) is 4.91 Å². The van der Waals surface area contributed by atoms with Crippen LogP contribution in [0, 0.1) is 0 Å². The highest BCUT2D eigenvalue weighted by molar-refractivity contribution is 8.03. The van der Waals surface area contributed by atoms with Crippen LogP contribution in [0.1, 0.15) is 33.1 Å². The van der Waals surface area contributed by atoms with Crippen molar-refractivity contribution in [1.29, 1.82) is 0 Å². The fraction of sp³-hybridized carbons (Fsp3) is 0.600. The predicted molar refractivity (Wildman–Crippen MR) is 53.8 cm³/mol. The average Bonchev–Trinajstić information content (AvgIpc) is 2.03. The Morgan fingerprint density at radius 3 is 3.00 bits per heavy atom. The first-order valence-electron chi connectivity index (χ1n) is 4.33. The topological polar surface area (TPSA) is 0 Å². The van der Waals surface area contributed by atoms with Crippen LogP contribution in [0.15, 0.2) is 22.6 Å². The molecule has 62 valence electrons. The van der Waals surface area contributed by atoms with E-state index in [-0.39, 0.29) is 0 Å². The molecule has 0 fully saturated rings. The zero-order chi connectivity index (χ0) is 8.10. The SMILES string of the molecule is CCCCC1=C(C)C=CCS1. The normalized spacial score (nSPS) is 17.6. The van der Waals surface area contributed by atoms with Gasteiger partial charge in [0.1, 0.15) is 0 Å². The van der Waals surface area contributed by atoms with E-state index in [1.807, 2.05) is 11.8 Å². The molecule has 1 aliphatic rings. The minimum absolute atomic E-state index is 1.18. The molecule has 1 aliphatic heterocycles. The number of hydrogen-bond donors (Lipinski definition) is 0. The van der Waals surface area contributed by atoms with E-state index in [2.05, 4.69) is 26.0 Å². The van der Waals surface area contributed by atoms with Gasteiger partial charge in [0, 0.05) is 5.75 Å². The quantitative estimate of drug-likeness (QED) is 0.618. The summed E-state index contributed by atoms with van der Waals surface area (Å²) in [5.74, 6) is 1.18. The Hall–Kier alpha value is -0.170. The van der Waals surface area contributed by atoms with E-state index >= 15 is 0 Å². The standard InChI is InChI=1S/C10H16S/c1-3-4-7-10-9(2)6-5-8-11-10/h5-6H,3-4,7-8H2,1-2H3. The Kier molecular flexibility index (Phi) is 3.78. The molecular weight excluding hydrogens is 152 g/mol. The Labute approximate surface area is 73.8 Å². The van der Waals surface area contributed by atoms with Gasteiger partial charge in [-0.05, 0) is 30.2 Å². The average molecular weight is 168 g/mol. The number of unbranched alkanes of at least 4 members (excludes halogenated alkanes) is 1. The van der Waals surface area contributed by atoms with Gasteiger partial charge in [0.2, 0.25) is 0 Å². The van der Waals surface area contributed by atoms with Crippen LogP contribution >= 0.6 is 11.8 Å². The van der Waals surface area contributed by atoms with Crippen molar-refractivity contribution in [3.8, 4) is 0 Å². The number of allylic oxidation sites excluding steroid dienone is 3. The molecule has 0 aromatic carbocycles. The van der Waals surface area contributed by atoms with Gasteiger partial charge >= 0.3 is 0 Å². The van der Waals surface area contributed by atoms with E-state index in [1.165, 1.54) is 30.6 Å². The molecule has 1 heterocycles. The molecule has 0 radical (unpaired) electrons. The molecule has 0 aromatic heterocycles. The molecule has 1 rings (SSSR count). The van der Waals surface area contributed by atoms with Gasteiger partial charge in [0.15, 0.2) is 0 Å². The van der Waals surface area contributed by atoms with Crippen molar-refractivity contribution in [2.24, 2.45) is 0 Å². The highest BCUT2D eigenvalue weighted by Crippen LogP contribution is 2.29. The maximum absolute atomic E-state index is 2.25. The minimum atomic E-state index is 1.18. The maximum atomic E-state index is 2.25. The van der Waals surface area contributed by atoms with Gasteiger partial charge in [-0.25, -0.2) is 0 Å². The third kappa shape index (κ3) is 2.74. The molecule has 0 amide bonds. The molecule has 0 bridgehead atoms. The summed E-state index contributed by atoms with van der Waals surface area (Å²) in [6.07, 6.45) is 8.43. The first-order chi connectivity index (χ1) is 5.34. The van der Waals surface area contributed by atoms with Crippen LogP contribution in [0.5, 0.6) is 0 Å². The van der Waals surface area contributed by atoms with Crippen molar-refractivity contribution in [3.63, 3.8) is 0 Å². The molecule has 0 aliphatic carbocycles. The van der Waals surface area contributed by atoms with E-state index in [9.17, 15) is 0 Å². The second kappa shape index (κ2) is 4.66. The van der Waals surface area contributed by atoms with E-state index in [0.717, 1.165) is 0 Å².